The van der Waals surface area contributed by atoms with Crippen LogP contribution in [0.2, 0.25) is 5.02 Å². The third-order valence-electron chi connectivity index (χ3n) is 3.77. The third kappa shape index (κ3) is 3.93. The van der Waals surface area contributed by atoms with Gasteiger partial charge in [0.15, 0.2) is 0 Å². The van der Waals surface area contributed by atoms with E-state index >= 15 is 0 Å². The van der Waals surface area contributed by atoms with E-state index in [1.807, 2.05) is 0 Å². The summed E-state index contributed by atoms with van der Waals surface area (Å²) < 4.78 is 51.6. The number of aliphatic carboxylic acids is 1. The average molecular weight is 354 g/mol. The molecule has 0 spiro atoms. The van der Waals surface area contributed by atoms with E-state index in [1.165, 1.54) is 6.07 Å². The number of carboxylic acid groups (broad SMARTS) is 1. The molecule has 1 amide bonds. The van der Waals surface area contributed by atoms with Crippen LogP contribution in [0.5, 0.6) is 0 Å². The molecule has 1 fully saturated rings. The van der Waals surface area contributed by atoms with E-state index in [0.717, 1.165) is 17.0 Å². The Kier molecular flexibility index (Phi) is 4.84. The van der Waals surface area contributed by atoms with Crippen LogP contribution in [0.15, 0.2) is 18.2 Å². The van der Waals surface area contributed by atoms with Gasteiger partial charge in [-0.25, -0.2) is 4.39 Å². The molecule has 0 aliphatic carbocycles. The number of hydrogen-bond acceptors (Lipinski definition) is 2. The number of alkyl halides is 3. The molecule has 1 aromatic rings. The summed E-state index contributed by atoms with van der Waals surface area (Å²) in [5.41, 5.74) is 0.264. The number of carbonyl (C=O) groups is 2. The maximum atomic E-state index is 12.9. The highest BCUT2D eigenvalue weighted by molar-refractivity contribution is 6.31. The first kappa shape index (κ1) is 17.5. The van der Waals surface area contributed by atoms with Crippen molar-refractivity contribution in [2.75, 3.05) is 13.1 Å². The zero-order valence-corrected chi connectivity index (χ0v) is 12.4. The number of amides is 1. The van der Waals surface area contributed by atoms with Crippen molar-refractivity contribution >= 4 is 23.5 Å². The second kappa shape index (κ2) is 6.35. The topological polar surface area (TPSA) is 57.6 Å². The van der Waals surface area contributed by atoms with Crippen LogP contribution in [0.25, 0.3) is 0 Å². The van der Waals surface area contributed by atoms with Gasteiger partial charge in [-0.15, -0.1) is 0 Å². The van der Waals surface area contributed by atoms with Crippen LogP contribution in [0.4, 0.5) is 17.6 Å². The van der Waals surface area contributed by atoms with Gasteiger partial charge in [0.1, 0.15) is 5.82 Å². The first-order chi connectivity index (χ1) is 10.6. The van der Waals surface area contributed by atoms with Gasteiger partial charge < -0.3 is 10.0 Å². The van der Waals surface area contributed by atoms with Crippen molar-refractivity contribution in [3.8, 4) is 0 Å². The molecule has 1 N–H and O–H groups in total. The van der Waals surface area contributed by atoms with E-state index in [4.69, 9.17) is 16.7 Å². The summed E-state index contributed by atoms with van der Waals surface area (Å²) in [5.74, 6) is -6.68. The molecule has 4 nitrogen and oxygen atoms in total. The van der Waals surface area contributed by atoms with Crippen LogP contribution in [0, 0.1) is 17.7 Å². The first-order valence-corrected chi connectivity index (χ1v) is 6.98. The zero-order valence-electron chi connectivity index (χ0n) is 11.6. The van der Waals surface area contributed by atoms with Gasteiger partial charge in [0, 0.05) is 18.1 Å². The van der Waals surface area contributed by atoms with Gasteiger partial charge in [-0.1, -0.05) is 17.7 Å². The van der Waals surface area contributed by atoms with Crippen LogP contribution in [-0.2, 0) is 16.0 Å². The number of nitrogens with zero attached hydrogens (tertiary/aromatic N) is 1. The Morgan fingerprint density at radius 1 is 1.30 bits per heavy atom. The monoisotopic (exact) mass is 353 g/mol. The van der Waals surface area contributed by atoms with Crippen molar-refractivity contribution in [2.24, 2.45) is 11.8 Å². The molecule has 0 unspecified atom stereocenters. The number of halogens is 5. The van der Waals surface area contributed by atoms with Gasteiger partial charge in [-0.05, 0) is 17.7 Å². The minimum atomic E-state index is -4.70. The fourth-order valence-corrected chi connectivity index (χ4v) is 2.76. The Bertz CT molecular complexity index is 635. The molecular weight excluding hydrogens is 342 g/mol. The van der Waals surface area contributed by atoms with E-state index in [-0.39, 0.29) is 17.0 Å². The SMILES string of the molecule is O=C(O)[C@@H]1CN(C(=O)Cc2ccc(F)cc2Cl)C[C@H]1C(F)(F)F. The lowest BCUT2D eigenvalue weighted by atomic mass is 9.96. The van der Waals surface area contributed by atoms with Gasteiger partial charge in [0.25, 0.3) is 0 Å². The lowest BCUT2D eigenvalue weighted by molar-refractivity contribution is -0.188. The zero-order chi connectivity index (χ0) is 17.4. The lowest BCUT2D eigenvalue weighted by Crippen LogP contribution is -2.34. The summed E-state index contributed by atoms with van der Waals surface area (Å²) >= 11 is 5.78. The van der Waals surface area contributed by atoms with Crippen molar-refractivity contribution in [3.63, 3.8) is 0 Å². The van der Waals surface area contributed by atoms with Crippen LogP contribution >= 0.6 is 11.6 Å². The molecule has 0 aromatic heterocycles. The van der Waals surface area contributed by atoms with Crippen molar-refractivity contribution in [1.29, 1.82) is 0 Å². The summed E-state index contributed by atoms with van der Waals surface area (Å²) in [6.07, 6.45) is -5.03. The molecule has 9 heteroatoms. The van der Waals surface area contributed by atoms with Crippen LogP contribution in [0.3, 0.4) is 0 Å². The molecule has 1 saturated heterocycles. The maximum Gasteiger partial charge on any atom is 0.394 e. The van der Waals surface area contributed by atoms with Gasteiger partial charge >= 0.3 is 12.1 Å². The summed E-state index contributed by atoms with van der Waals surface area (Å²) in [6, 6.07) is 3.34. The first-order valence-electron chi connectivity index (χ1n) is 6.61. The fraction of sp³-hybridized carbons (Fsp3) is 0.429. The highest BCUT2D eigenvalue weighted by atomic mass is 35.5. The Morgan fingerprint density at radius 2 is 1.96 bits per heavy atom. The normalized spacial score (nSPS) is 21.5. The van der Waals surface area contributed by atoms with E-state index in [2.05, 4.69) is 0 Å². The number of carboxylic acids is 1. The minimum Gasteiger partial charge on any atom is -0.481 e. The second-order valence-electron chi connectivity index (χ2n) is 5.30. The molecule has 1 aliphatic heterocycles. The molecule has 0 radical (unpaired) electrons. The number of rotatable bonds is 3. The number of carbonyl (C=O) groups excluding carboxylic acids is 1. The summed E-state index contributed by atoms with van der Waals surface area (Å²) in [7, 11) is 0. The Morgan fingerprint density at radius 3 is 2.43 bits per heavy atom. The Labute approximate surface area is 133 Å². The molecule has 2 rings (SSSR count). The molecule has 23 heavy (non-hydrogen) atoms. The van der Waals surface area contributed by atoms with Crippen LogP contribution in [0.1, 0.15) is 5.56 Å². The third-order valence-corrected chi connectivity index (χ3v) is 4.12. The predicted octanol–water partition coefficient (Wildman–Crippen LogP) is 2.74. The van der Waals surface area contributed by atoms with Crippen molar-refractivity contribution < 1.29 is 32.3 Å². The Balaban J connectivity index is 2.13. The van der Waals surface area contributed by atoms with Crippen LogP contribution < -0.4 is 0 Å². The minimum absolute atomic E-state index is 0.0142. The largest absolute Gasteiger partial charge is 0.481 e. The van der Waals surface area contributed by atoms with Crippen molar-refractivity contribution in [3.05, 3.63) is 34.6 Å². The molecule has 1 aromatic carbocycles. The van der Waals surface area contributed by atoms with Crippen LogP contribution in [-0.4, -0.2) is 41.1 Å². The summed E-state index contributed by atoms with van der Waals surface area (Å²) in [5, 5.41) is 8.90. The molecule has 0 bridgehead atoms. The number of hydrogen-bond donors (Lipinski definition) is 1. The smallest absolute Gasteiger partial charge is 0.394 e. The number of likely N-dealkylation sites (tertiary alicyclic amines) is 1. The predicted molar refractivity (Wildman–Crippen MR) is 72.4 cm³/mol. The highest BCUT2D eigenvalue weighted by Gasteiger charge is 2.53. The Hall–Kier alpha value is -1.83. The van der Waals surface area contributed by atoms with E-state index in [1.54, 1.807) is 0 Å². The van der Waals surface area contributed by atoms with Gasteiger partial charge in [0.05, 0.1) is 18.3 Å². The lowest BCUT2D eigenvalue weighted by Gasteiger charge is -2.18. The molecule has 1 heterocycles. The fourth-order valence-electron chi connectivity index (χ4n) is 2.53. The van der Waals surface area contributed by atoms with Gasteiger partial charge in [0.2, 0.25) is 5.91 Å². The van der Waals surface area contributed by atoms with E-state index < -0.39 is 48.8 Å². The van der Waals surface area contributed by atoms with Crippen molar-refractivity contribution in [1.82, 2.24) is 4.90 Å². The highest BCUT2D eigenvalue weighted by Crippen LogP contribution is 2.38. The summed E-state index contributed by atoms with van der Waals surface area (Å²) in [4.78, 5) is 23.9. The molecule has 2 atom stereocenters. The molecular formula is C14H12ClF4NO3. The van der Waals surface area contributed by atoms with Gasteiger partial charge in [-0.2, -0.15) is 13.2 Å². The summed E-state index contributed by atoms with van der Waals surface area (Å²) in [6.45, 7) is -1.23. The molecule has 126 valence electrons. The van der Waals surface area contributed by atoms with Crippen molar-refractivity contribution in [2.45, 2.75) is 12.6 Å². The van der Waals surface area contributed by atoms with E-state index in [0.29, 0.717) is 0 Å². The standard InChI is InChI=1S/C14H12ClF4NO3/c15-11-4-8(16)2-1-7(11)3-12(21)20-5-9(13(22)23)10(6-20)14(17,18)19/h1-2,4,9-10H,3,5-6H2,(H,22,23)/t9-,10-/m1/s1. The second-order valence-corrected chi connectivity index (χ2v) is 5.71. The number of benzene rings is 1. The van der Waals surface area contributed by atoms with Gasteiger partial charge in [-0.3, -0.25) is 9.59 Å². The molecule has 1 aliphatic rings. The average Bonchev–Trinajstić information content (AvgIpc) is 2.87. The quantitative estimate of drug-likeness (QED) is 0.850. The molecule has 0 saturated carbocycles. The van der Waals surface area contributed by atoms with E-state index in [9.17, 15) is 27.2 Å². The maximum absolute atomic E-state index is 12.9.